The first-order valence-electron chi connectivity index (χ1n) is 6.01. The number of hydrogen-bond donors (Lipinski definition) is 0. The predicted octanol–water partition coefficient (Wildman–Crippen LogP) is 2.90. The third-order valence-corrected chi connectivity index (χ3v) is 3.89. The van der Waals surface area contributed by atoms with Crippen LogP contribution in [-0.2, 0) is 12.8 Å². The molecule has 80 valence electrons. The zero-order valence-electron chi connectivity index (χ0n) is 9.25. The van der Waals surface area contributed by atoms with Crippen LogP contribution in [0.4, 0.5) is 0 Å². The molecule has 0 aromatic carbocycles. The van der Waals surface area contributed by atoms with Gasteiger partial charge in [0.2, 0.25) is 0 Å². The van der Waals surface area contributed by atoms with Gasteiger partial charge in [0, 0.05) is 23.0 Å². The number of aryl methyl sites for hydroxylation is 1. The third-order valence-electron chi connectivity index (χ3n) is 3.89. The summed E-state index contributed by atoms with van der Waals surface area (Å²) in [5.41, 5.74) is 3.73. The van der Waals surface area contributed by atoms with E-state index in [9.17, 15) is 4.79 Å². The molecule has 1 atom stereocenters. The van der Waals surface area contributed by atoms with Gasteiger partial charge >= 0.3 is 0 Å². The van der Waals surface area contributed by atoms with Gasteiger partial charge in [-0.05, 0) is 51.5 Å². The van der Waals surface area contributed by atoms with E-state index in [0.717, 1.165) is 18.4 Å². The van der Waals surface area contributed by atoms with E-state index in [1.165, 1.54) is 37.1 Å². The van der Waals surface area contributed by atoms with Crippen LogP contribution in [0.1, 0.15) is 60.4 Å². The molecule has 0 N–H and O–H groups in total. The van der Waals surface area contributed by atoms with Crippen LogP contribution in [-0.4, -0.2) is 10.4 Å². The predicted molar refractivity (Wildman–Crippen MR) is 59.3 cm³/mol. The van der Waals surface area contributed by atoms with Crippen molar-refractivity contribution in [3.8, 4) is 0 Å². The second kappa shape index (κ2) is 3.22. The Morgan fingerprint density at radius 2 is 2.07 bits per heavy atom. The van der Waals surface area contributed by atoms with Gasteiger partial charge in [-0.2, -0.15) is 0 Å². The van der Waals surface area contributed by atoms with Crippen molar-refractivity contribution in [3.63, 3.8) is 0 Å². The molecule has 0 saturated carbocycles. The highest BCUT2D eigenvalue weighted by Crippen LogP contribution is 2.37. The van der Waals surface area contributed by atoms with Gasteiger partial charge in [0.1, 0.15) is 0 Å². The highest BCUT2D eigenvalue weighted by Gasteiger charge is 2.28. The van der Waals surface area contributed by atoms with Gasteiger partial charge in [-0.1, -0.05) is 0 Å². The first-order chi connectivity index (χ1) is 7.27. The van der Waals surface area contributed by atoms with Crippen molar-refractivity contribution in [2.24, 2.45) is 0 Å². The molecule has 0 spiro atoms. The summed E-state index contributed by atoms with van der Waals surface area (Å²) in [5.74, 6) is 0.243. The number of hydrogen-bond acceptors (Lipinski definition) is 1. The van der Waals surface area contributed by atoms with Crippen molar-refractivity contribution in [1.29, 1.82) is 0 Å². The maximum Gasteiger partial charge on any atom is 0.161 e. The van der Waals surface area contributed by atoms with Crippen LogP contribution >= 0.6 is 0 Å². The molecule has 0 amide bonds. The monoisotopic (exact) mass is 203 g/mol. The number of Topliss-reactive ketones (excluding diaryl/α,β-unsaturated/α-hetero) is 1. The summed E-state index contributed by atoms with van der Waals surface area (Å²) in [4.78, 5) is 11.6. The lowest BCUT2D eigenvalue weighted by Gasteiger charge is -2.32. The summed E-state index contributed by atoms with van der Waals surface area (Å²) in [6.45, 7) is 1.70. The van der Waals surface area contributed by atoms with Crippen LogP contribution in [0.2, 0.25) is 0 Å². The van der Waals surface area contributed by atoms with Crippen LogP contribution in [0.25, 0.3) is 0 Å². The topological polar surface area (TPSA) is 22.0 Å². The second-order valence-electron chi connectivity index (χ2n) is 4.86. The fourth-order valence-electron chi connectivity index (χ4n) is 3.26. The zero-order valence-corrected chi connectivity index (χ0v) is 9.25. The van der Waals surface area contributed by atoms with Crippen molar-refractivity contribution in [2.75, 3.05) is 0 Å². The van der Waals surface area contributed by atoms with Gasteiger partial charge in [-0.25, -0.2) is 0 Å². The van der Waals surface area contributed by atoms with Gasteiger partial charge in [-0.15, -0.1) is 0 Å². The molecule has 2 heteroatoms. The zero-order chi connectivity index (χ0) is 10.4. The Balaban J connectivity index is 2.19. The smallest absolute Gasteiger partial charge is 0.161 e. The highest BCUT2D eigenvalue weighted by molar-refractivity contribution is 5.95. The van der Waals surface area contributed by atoms with E-state index in [1.807, 2.05) is 0 Å². The summed E-state index contributed by atoms with van der Waals surface area (Å²) in [6, 6.07) is 2.85. The normalized spacial score (nSPS) is 23.7. The molecule has 2 aliphatic heterocycles. The molecule has 0 fully saturated rings. The number of aromatic nitrogens is 1. The SMILES string of the molecule is CC(=O)c1cc2n3c1CCC[C@@H]3CCC2. The Morgan fingerprint density at radius 3 is 2.80 bits per heavy atom. The molecule has 0 saturated heterocycles. The molecule has 3 heterocycles. The maximum absolute atomic E-state index is 11.6. The number of ketones is 1. The van der Waals surface area contributed by atoms with Gasteiger partial charge in [-0.3, -0.25) is 4.79 Å². The van der Waals surface area contributed by atoms with Gasteiger partial charge in [0.15, 0.2) is 5.78 Å². The van der Waals surface area contributed by atoms with Crippen LogP contribution in [0, 0.1) is 0 Å². The lowest BCUT2D eigenvalue weighted by atomic mass is 9.94. The number of rotatable bonds is 1. The standard InChI is InChI=1S/C13H17NO/c1-9(15)12-8-11-6-2-4-10-5-3-7-13(12)14(10)11/h8,10H,2-7H2,1H3/t10-/m0/s1. The van der Waals surface area contributed by atoms with Crippen LogP contribution < -0.4 is 0 Å². The van der Waals surface area contributed by atoms with E-state index in [1.54, 1.807) is 6.92 Å². The molecular weight excluding hydrogens is 186 g/mol. The Hall–Kier alpha value is -1.05. The molecule has 0 unspecified atom stereocenters. The van der Waals surface area contributed by atoms with Crippen molar-refractivity contribution < 1.29 is 4.79 Å². The average molecular weight is 203 g/mol. The fraction of sp³-hybridized carbons (Fsp3) is 0.615. The molecule has 2 nitrogen and oxygen atoms in total. The van der Waals surface area contributed by atoms with E-state index < -0.39 is 0 Å². The summed E-state index contributed by atoms with van der Waals surface area (Å²) in [6.07, 6.45) is 7.44. The fourth-order valence-corrected chi connectivity index (χ4v) is 3.26. The number of carbonyl (C=O) groups excluding carboxylic acids is 1. The highest BCUT2D eigenvalue weighted by atomic mass is 16.1. The number of carbonyl (C=O) groups is 1. The van der Waals surface area contributed by atoms with Crippen LogP contribution in [0.15, 0.2) is 6.07 Å². The van der Waals surface area contributed by atoms with Gasteiger partial charge in [0.05, 0.1) is 0 Å². The average Bonchev–Trinajstić information content (AvgIpc) is 2.61. The summed E-state index contributed by atoms with van der Waals surface area (Å²) in [5, 5.41) is 0. The van der Waals surface area contributed by atoms with E-state index in [0.29, 0.717) is 6.04 Å². The molecule has 0 aliphatic carbocycles. The Bertz CT molecular complexity index is 414. The lowest BCUT2D eigenvalue weighted by Crippen LogP contribution is -2.23. The largest absolute Gasteiger partial charge is 0.345 e. The first-order valence-corrected chi connectivity index (χ1v) is 6.01. The molecule has 0 radical (unpaired) electrons. The van der Waals surface area contributed by atoms with Crippen molar-refractivity contribution in [3.05, 3.63) is 23.0 Å². The molecular formula is C13H17NO. The van der Waals surface area contributed by atoms with Crippen molar-refractivity contribution in [2.45, 2.75) is 51.5 Å². The second-order valence-corrected chi connectivity index (χ2v) is 4.86. The Labute approximate surface area is 90.3 Å². The van der Waals surface area contributed by atoms with E-state index in [4.69, 9.17) is 0 Å². The minimum atomic E-state index is 0.243. The molecule has 1 aromatic rings. The maximum atomic E-state index is 11.6. The van der Waals surface area contributed by atoms with Gasteiger partial charge in [0.25, 0.3) is 0 Å². The minimum absolute atomic E-state index is 0.243. The molecule has 3 rings (SSSR count). The van der Waals surface area contributed by atoms with E-state index >= 15 is 0 Å². The van der Waals surface area contributed by atoms with E-state index in [2.05, 4.69) is 10.6 Å². The molecule has 1 aromatic heterocycles. The summed E-state index contributed by atoms with van der Waals surface area (Å²) in [7, 11) is 0. The van der Waals surface area contributed by atoms with Crippen molar-refractivity contribution in [1.82, 2.24) is 4.57 Å². The summed E-state index contributed by atoms with van der Waals surface area (Å²) < 4.78 is 2.48. The van der Waals surface area contributed by atoms with Gasteiger partial charge < -0.3 is 4.57 Å². The van der Waals surface area contributed by atoms with Crippen LogP contribution in [0.3, 0.4) is 0 Å². The van der Waals surface area contributed by atoms with E-state index in [-0.39, 0.29) is 5.78 Å². The Morgan fingerprint density at radius 1 is 1.33 bits per heavy atom. The lowest BCUT2D eigenvalue weighted by molar-refractivity contribution is 0.101. The number of nitrogens with zero attached hydrogens (tertiary/aromatic N) is 1. The third kappa shape index (κ3) is 1.27. The molecule has 0 bridgehead atoms. The molecule has 15 heavy (non-hydrogen) atoms. The Kier molecular flexibility index (Phi) is 1.98. The molecule has 2 aliphatic rings. The van der Waals surface area contributed by atoms with Crippen LogP contribution in [0.5, 0.6) is 0 Å². The summed E-state index contributed by atoms with van der Waals surface area (Å²) >= 11 is 0. The minimum Gasteiger partial charge on any atom is -0.345 e. The first kappa shape index (κ1) is 9.20. The quantitative estimate of drug-likeness (QED) is 0.643. The van der Waals surface area contributed by atoms with Crippen molar-refractivity contribution >= 4 is 5.78 Å².